The first-order chi connectivity index (χ1) is 16.7. The third kappa shape index (κ3) is 4.92. The summed E-state index contributed by atoms with van der Waals surface area (Å²) in [6, 6.07) is 5.33. The van der Waals surface area contributed by atoms with Crippen LogP contribution < -0.4 is 14.2 Å². The lowest BCUT2D eigenvalue weighted by atomic mass is 9.84. The molecule has 10 nitrogen and oxygen atoms in total. The zero-order chi connectivity index (χ0) is 25.3. The van der Waals surface area contributed by atoms with E-state index in [1.165, 1.54) is 14.2 Å². The molecule has 0 bridgehead atoms. The molecule has 0 saturated heterocycles. The largest absolute Gasteiger partial charge is 0.494 e. The summed E-state index contributed by atoms with van der Waals surface area (Å²) < 4.78 is 42.4. The predicted molar refractivity (Wildman–Crippen MR) is 133 cm³/mol. The fraction of sp³-hybridized carbons (Fsp3) is 0.478. The molecule has 2 aromatic heterocycles. The van der Waals surface area contributed by atoms with E-state index in [0.717, 1.165) is 5.56 Å². The molecular weight excluding hydrogens is 492 g/mol. The van der Waals surface area contributed by atoms with E-state index in [0.29, 0.717) is 41.7 Å². The molecule has 1 N–H and O–H groups in total. The summed E-state index contributed by atoms with van der Waals surface area (Å²) in [6.45, 7) is 5.27. The molecular formula is C23H29ClN6O4S. The minimum Gasteiger partial charge on any atom is -0.494 e. The molecule has 1 aromatic carbocycles. The van der Waals surface area contributed by atoms with Gasteiger partial charge in [-0.25, -0.2) is 18.4 Å². The quantitative estimate of drug-likeness (QED) is 0.423. The van der Waals surface area contributed by atoms with E-state index in [1.807, 2.05) is 6.92 Å². The van der Waals surface area contributed by atoms with Crippen molar-refractivity contribution in [2.45, 2.75) is 56.1 Å². The van der Waals surface area contributed by atoms with Gasteiger partial charge in [-0.1, -0.05) is 13.0 Å². The van der Waals surface area contributed by atoms with Crippen LogP contribution in [0.4, 0.5) is 5.95 Å². The van der Waals surface area contributed by atoms with Crippen LogP contribution >= 0.6 is 11.6 Å². The lowest BCUT2D eigenvalue weighted by molar-refractivity contribution is 0.382. The van der Waals surface area contributed by atoms with E-state index in [-0.39, 0.29) is 17.2 Å². The average Bonchev–Trinajstić information content (AvgIpc) is 3.22. The van der Waals surface area contributed by atoms with E-state index in [2.05, 4.69) is 24.9 Å². The second-order valence-electron chi connectivity index (χ2n) is 8.75. The van der Waals surface area contributed by atoms with Crippen LogP contribution in [-0.2, 0) is 10.0 Å². The van der Waals surface area contributed by atoms with E-state index in [4.69, 9.17) is 21.1 Å². The highest BCUT2D eigenvalue weighted by molar-refractivity contribution is 7.93. The molecule has 0 unspecified atom stereocenters. The van der Waals surface area contributed by atoms with Gasteiger partial charge in [-0.15, -0.1) is 21.8 Å². The van der Waals surface area contributed by atoms with Gasteiger partial charge in [0.05, 0.1) is 19.5 Å². The molecule has 1 aliphatic carbocycles. The zero-order valence-corrected chi connectivity index (χ0v) is 21.8. The monoisotopic (exact) mass is 520 g/mol. The maximum Gasteiger partial charge on any atom is 0.243 e. The van der Waals surface area contributed by atoms with Crippen molar-refractivity contribution in [3.8, 4) is 17.2 Å². The minimum absolute atomic E-state index is 0.0233. The molecule has 1 saturated carbocycles. The topological polar surface area (TPSA) is 121 Å². The number of benzene rings is 1. The molecule has 35 heavy (non-hydrogen) atoms. The number of sulfonamides is 1. The summed E-state index contributed by atoms with van der Waals surface area (Å²) in [4.78, 5) is 8.60. The van der Waals surface area contributed by atoms with Crippen molar-refractivity contribution < 1.29 is 17.9 Å². The number of nitrogens with zero attached hydrogens (tertiary/aromatic N) is 5. The van der Waals surface area contributed by atoms with Gasteiger partial charge in [-0.05, 0) is 44.4 Å². The van der Waals surface area contributed by atoms with Crippen molar-refractivity contribution in [2.24, 2.45) is 0 Å². The average molecular weight is 521 g/mol. The van der Waals surface area contributed by atoms with Gasteiger partial charge in [0.2, 0.25) is 16.0 Å². The molecule has 1 fully saturated rings. The highest BCUT2D eigenvalue weighted by atomic mass is 35.5. The van der Waals surface area contributed by atoms with Crippen LogP contribution in [0.15, 0.2) is 30.6 Å². The van der Waals surface area contributed by atoms with E-state index in [9.17, 15) is 8.42 Å². The molecule has 0 amide bonds. The number of ether oxygens (including phenoxy) is 2. The Labute approximate surface area is 210 Å². The van der Waals surface area contributed by atoms with Crippen molar-refractivity contribution >= 4 is 27.6 Å². The van der Waals surface area contributed by atoms with E-state index in [1.54, 1.807) is 49.0 Å². The number of halogens is 1. The number of anilines is 1. The van der Waals surface area contributed by atoms with Crippen LogP contribution in [0.25, 0.3) is 5.69 Å². The first-order valence-electron chi connectivity index (χ1n) is 11.3. The molecule has 2 atom stereocenters. The van der Waals surface area contributed by atoms with Crippen molar-refractivity contribution in [1.82, 2.24) is 24.7 Å². The highest BCUT2D eigenvalue weighted by Crippen LogP contribution is 2.43. The number of alkyl halides is 1. The molecule has 3 aromatic rings. The summed E-state index contributed by atoms with van der Waals surface area (Å²) in [7, 11) is -0.839. The third-order valence-electron chi connectivity index (χ3n) is 6.39. The third-order valence-corrected chi connectivity index (χ3v) is 8.61. The minimum atomic E-state index is -3.91. The van der Waals surface area contributed by atoms with Crippen LogP contribution in [-0.4, -0.2) is 58.0 Å². The van der Waals surface area contributed by atoms with Crippen molar-refractivity contribution in [1.29, 1.82) is 0 Å². The van der Waals surface area contributed by atoms with Gasteiger partial charge in [0, 0.05) is 29.6 Å². The Morgan fingerprint density at radius 1 is 1.09 bits per heavy atom. The van der Waals surface area contributed by atoms with Crippen molar-refractivity contribution in [3.63, 3.8) is 0 Å². The standard InChI is InChI=1S/C23H29ClN6O4S/c1-13-11-25-21(26-12-13)14(2)15(3)35(31,32)29-23-28-27-22(16-9-17(24)10-16)30(23)20-18(33-4)7-6-8-19(20)34-5/h6-8,11-12,14-17H,9-10H2,1-5H3,(H,28,29)/t14-,15-,16-,17+/m0/s1. The molecule has 188 valence electrons. The van der Waals surface area contributed by atoms with Gasteiger partial charge < -0.3 is 9.47 Å². The van der Waals surface area contributed by atoms with Crippen LogP contribution in [0, 0.1) is 6.92 Å². The summed E-state index contributed by atoms with van der Waals surface area (Å²) in [5.74, 6) is 1.62. The predicted octanol–water partition coefficient (Wildman–Crippen LogP) is 3.80. The van der Waals surface area contributed by atoms with Gasteiger partial charge in [-0.3, -0.25) is 9.29 Å². The Balaban J connectivity index is 1.75. The second kappa shape index (κ2) is 9.98. The lowest BCUT2D eigenvalue weighted by Crippen LogP contribution is -2.32. The number of para-hydroxylation sites is 1. The number of aryl methyl sites for hydroxylation is 1. The van der Waals surface area contributed by atoms with Gasteiger partial charge in [0.25, 0.3) is 0 Å². The highest BCUT2D eigenvalue weighted by Gasteiger charge is 2.37. The number of hydrogen-bond acceptors (Lipinski definition) is 8. The van der Waals surface area contributed by atoms with Crippen molar-refractivity contribution in [2.75, 3.05) is 18.9 Å². The molecule has 12 heteroatoms. The zero-order valence-electron chi connectivity index (χ0n) is 20.3. The number of rotatable bonds is 9. The molecule has 0 aliphatic heterocycles. The Kier molecular flexibility index (Phi) is 7.18. The Bertz CT molecular complexity index is 1270. The SMILES string of the molecule is COc1cccc(OC)c1-n1c(NS(=O)(=O)[C@@H](C)[C@H](C)c2ncc(C)cn2)nnc1[C@H]1C[C@@H](Cl)C1. The smallest absolute Gasteiger partial charge is 0.243 e. The molecule has 0 spiro atoms. The maximum absolute atomic E-state index is 13.5. The Morgan fingerprint density at radius 3 is 2.23 bits per heavy atom. The van der Waals surface area contributed by atoms with Crippen LogP contribution in [0.3, 0.4) is 0 Å². The number of nitrogens with one attached hydrogen (secondary N) is 1. The first-order valence-corrected chi connectivity index (χ1v) is 13.3. The van der Waals surface area contributed by atoms with Crippen molar-refractivity contribution in [3.05, 3.63) is 47.8 Å². The Morgan fingerprint density at radius 2 is 1.69 bits per heavy atom. The number of aromatic nitrogens is 5. The van der Waals surface area contributed by atoms with Crippen LogP contribution in [0.2, 0.25) is 0 Å². The summed E-state index contributed by atoms with van der Waals surface area (Å²) in [5.41, 5.74) is 1.41. The van der Waals surface area contributed by atoms with Gasteiger partial charge in [0.15, 0.2) is 0 Å². The maximum atomic E-state index is 13.5. The Hall–Kier alpha value is -2.92. The summed E-state index contributed by atoms with van der Waals surface area (Å²) in [5, 5.41) is 7.76. The molecule has 4 rings (SSSR count). The van der Waals surface area contributed by atoms with E-state index < -0.39 is 21.2 Å². The summed E-state index contributed by atoms with van der Waals surface area (Å²) >= 11 is 6.24. The van der Waals surface area contributed by atoms with E-state index >= 15 is 0 Å². The normalized spacial score (nSPS) is 19.5. The van der Waals surface area contributed by atoms with Crippen LogP contribution in [0.1, 0.15) is 55.7 Å². The second-order valence-corrected chi connectivity index (χ2v) is 11.4. The fourth-order valence-corrected chi connectivity index (χ4v) is 5.66. The lowest BCUT2D eigenvalue weighted by Gasteiger charge is -2.30. The number of hydrogen-bond donors (Lipinski definition) is 1. The van der Waals surface area contributed by atoms with Gasteiger partial charge in [-0.2, -0.15) is 0 Å². The number of methoxy groups -OCH3 is 2. The van der Waals surface area contributed by atoms with Crippen LogP contribution in [0.5, 0.6) is 11.5 Å². The van der Waals surface area contributed by atoms with Gasteiger partial charge in [0.1, 0.15) is 28.8 Å². The molecule has 0 radical (unpaired) electrons. The first kappa shape index (κ1) is 25.2. The summed E-state index contributed by atoms with van der Waals surface area (Å²) in [6.07, 6.45) is 4.76. The van der Waals surface area contributed by atoms with Gasteiger partial charge >= 0.3 is 0 Å². The fourth-order valence-electron chi connectivity index (χ4n) is 4.00. The molecule has 1 aliphatic rings. The molecule has 2 heterocycles.